The van der Waals surface area contributed by atoms with Crippen LogP contribution in [0.15, 0.2) is 57.2 Å². The van der Waals surface area contributed by atoms with Crippen molar-refractivity contribution in [3.63, 3.8) is 0 Å². The molecule has 2 aliphatic heterocycles. The van der Waals surface area contributed by atoms with Crippen molar-refractivity contribution in [3.8, 4) is 0 Å². The Morgan fingerprint density at radius 2 is 1.67 bits per heavy atom. The molecule has 2 aromatic rings. The van der Waals surface area contributed by atoms with Crippen LogP contribution in [0.1, 0.15) is 12.8 Å². The fraction of sp³-hybridized carbons (Fsp3) is 0.250. The average molecular weight is 476 g/mol. The third kappa shape index (κ3) is 4.58. The van der Waals surface area contributed by atoms with Gasteiger partial charge in [0, 0.05) is 6.54 Å². The highest BCUT2D eigenvalue weighted by atomic mass is 32.2. The Hall–Kier alpha value is -2.23. The third-order valence-electron chi connectivity index (χ3n) is 4.63. The molecule has 0 radical (unpaired) electrons. The molecule has 2 aliphatic rings. The molecular formula is C16H21N5O6S3. The van der Waals surface area contributed by atoms with Crippen molar-refractivity contribution in [2.75, 3.05) is 17.2 Å². The first-order valence-corrected chi connectivity index (χ1v) is 13.2. The number of nitrogen functional groups attached to an aromatic ring is 1. The van der Waals surface area contributed by atoms with Crippen LogP contribution in [0.5, 0.6) is 0 Å². The van der Waals surface area contributed by atoms with Gasteiger partial charge >= 0.3 is 0 Å². The van der Waals surface area contributed by atoms with E-state index in [9.17, 15) is 25.3 Å². The molecule has 0 aromatic heterocycles. The van der Waals surface area contributed by atoms with Gasteiger partial charge in [-0.15, -0.1) is 0 Å². The molecule has 30 heavy (non-hydrogen) atoms. The standard InChI is InChI=1S/C10H13N3O4S2.C6H8N2O2S/c11-18(14,15)7-3-4-8-9(6-7)19(16,17)12-10-2-1-5-13(8)10;7-5-3-1-2-4-6(5)11(8,9)10/h3-4,6,10,12H,1-2,5H2,(H2,11,14,15);1-4H,7H2,(H2,8,9,10). The Morgan fingerprint density at radius 1 is 1.00 bits per heavy atom. The van der Waals surface area contributed by atoms with E-state index in [0.717, 1.165) is 25.5 Å². The van der Waals surface area contributed by atoms with Gasteiger partial charge in [-0.05, 0) is 43.2 Å². The van der Waals surface area contributed by atoms with Crippen LogP contribution in [0.4, 0.5) is 11.4 Å². The number of para-hydroxylation sites is 1. The Labute approximate surface area is 175 Å². The molecule has 2 heterocycles. The van der Waals surface area contributed by atoms with Crippen molar-refractivity contribution in [2.24, 2.45) is 10.3 Å². The van der Waals surface area contributed by atoms with E-state index >= 15 is 0 Å². The first-order valence-electron chi connectivity index (χ1n) is 8.64. The predicted octanol–water partition coefficient (Wildman–Crippen LogP) is -0.532. The molecule has 0 bridgehead atoms. The van der Waals surface area contributed by atoms with Gasteiger partial charge in [0.1, 0.15) is 9.79 Å². The summed E-state index contributed by atoms with van der Waals surface area (Å²) in [6.07, 6.45) is 1.40. The topological polar surface area (TPSA) is 196 Å². The molecule has 14 heteroatoms. The predicted molar refractivity (Wildman–Crippen MR) is 111 cm³/mol. The van der Waals surface area contributed by atoms with Crippen molar-refractivity contribution in [2.45, 2.75) is 33.7 Å². The number of benzene rings is 2. The van der Waals surface area contributed by atoms with Crippen LogP contribution >= 0.6 is 0 Å². The largest absolute Gasteiger partial charge is 0.398 e. The molecule has 0 saturated carbocycles. The third-order valence-corrected chi connectivity index (χ3v) is 8.01. The number of primary sulfonamides is 2. The number of hydrogen-bond acceptors (Lipinski definition) is 8. The van der Waals surface area contributed by atoms with Gasteiger partial charge in [0.15, 0.2) is 0 Å². The molecule has 0 amide bonds. The van der Waals surface area contributed by atoms with E-state index in [1.165, 1.54) is 24.3 Å². The van der Waals surface area contributed by atoms with Crippen LogP contribution in [-0.2, 0) is 30.1 Å². The number of sulfonamides is 3. The molecule has 4 rings (SSSR count). The second-order valence-electron chi connectivity index (χ2n) is 6.73. The van der Waals surface area contributed by atoms with Crippen LogP contribution in [0, 0.1) is 0 Å². The lowest BCUT2D eigenvalue weighted by molar-refractivity contribution is 0.539. The minimum absolute atomic E-state index is 0.0278. The van der Waals surface area contributed by atoms with E-state index in [1.54, 1.807) is 12.1 Å². The lowest BCUT2D eigenvalue weighted by Crippen LogP contribution is -2.48. The number of fused-ring (bicyclic) bond motifs is 3. The highest BCUT2D eigenvalue weighted by Crippen LogP contribution is 2.36. The van der Waals surface area contributed by atoms with E-state index in [2.05, 4.69) is 4.72 Å². The minimum Gasteiger partial charge on any atom is -0.398 e. The van der Waals surface area contributed by atoms with Gasteiger partial charge in [0.25, 0.3) is 0 Å². The summed E-state index contributed by atoms with van der Waals surface area (Å²) in [5.74, 6) is 0. The van der Waals surface area contributed by atoms with E-state index in [4.69, 9.17) is 16.0 Å². The van der Waals surface area contributed by atoms with Gasteiger partial charge in [-0.3, -0.25) is 0 Å². The van der Waals surface area contributed by atoms with Gasteiger partial charge < -0.3 is 10.6 Å². The summed E-state index contributed by atoms with van der Waals surface area (Å²) in [7, 11) is -11.3. The maximum Gasteiger partial charge on any atom is 0.244 e. The molecular weight excluding hydrogens is 454 g/mol. The van der Waals surface area contributed by atoms with Crippen molar-refractivity contribution in [1.29, 1.82) is 0 Å². The quantitative estimate of drug-likeness (QED) is 0.416. The lowest BCUT2D eigenvalue weighted by Gasteiger charge is -2.33. The minimum atomic E-state index is -3.92. The number of hydrogen-bond donors (Lipinski definition) is 4. The first kappa shape index (κ1) is 22.5. The summed E-state index contributed by atoms with van der Waals surface area (Å²) in [6.45, 7) is 0.745. The summed E-state index contributed by atoms with van der Waals surface area (Å²) >= 11 is 0. The van der Waals surface area contributed by atoms with Gasteiger partial charge in [-0.2, -0.15) is 4.72 Å². The number of nitrogens with two attached hydrogens (primary N) is 3. The second-order valence-corrected chi connectivity index (χ2v) is 11.5. The number of nitrogens with zero attached hydrogens (tertiary/aromatic N) is 1. The number of rotatable bonds is 2. The van der Waals surface area contributed by atoms with Gasteiger partial charge in [0.2, 0.25) is 30.1 Å². The normalized spacial score (nSPS) is 19.9. The number of nitrogens with one attached hydrogen (secondary N) is 1. The molecule has 7 N–H and O–H groups in total. The second kappa shape index (κ2) is 7.79. The van der Waals surface area contributed by atoms with Gasteiger partial charge in [-0.25, -0.2) is 35.5 Å². The molecule has 0 spiro atoms. The summed E-state index contributed by atoms with van der Waals surface area (Å²) in [5, 5.41) is 9.88. The van der Waals surface area contributed by atoms with Crippen LogP contribution in [0.2, 0.25) is 0 Å². The summed E-state index contributed by atoms with van der Waals surface area (Å²) < 4.78 is 70.9. The lowest BCUT2D eigenvalue weighted by atomic mass is 10.3. The van der Waals surface area contributed by atoms with E-state index in [-0.39, 0.29) is 26.5 Å². The van der Waals surface area contributed by atoms with Crippen LogP contribution < -0.4 is 25.6 Å². The van der Waals surface area contributed by atoms with Gasteiger partial charge in [-0.1, -0.05) is 12.1 Å². The van der Waals surface area contributed by atoms with Crippen LogP contribution in [-0.4, -0.2) is 38.0 Å². The fourth-order valence-corrected chi connectivity index (χ4v) is 6.04. The zero-order chi connectivity index (χ0) is 22.3. The summed E-state index contributed by atoms with van der Waals surface area (Å²) in [5.41, 5.74) is 6.06. The first-order chi connectivity index (χ1) is 13.8. The van der Waals surface area contributed by atoms with Crippen molar-refractivity contribution >= 4 is 41.4 Å². The average Bonchev–Trinajstić information content (AvgIpc) is 3.08. The molecule has 1 saturated heterocycles. The SMILES string of the molecule is NS(=O)(=O)c1ccc2c(c1)S(=O)(=O)NC1CCCN21.Nc1ccccc1S(N)(=O)=O. The molecule has 1 fully saturated rings. The highest BCUT2D eigenvalue weighted by Gasteiger charge is 2.38. The Balaban J connectivity index is 0.000000199. The Bertz CT molecular complexity index is 1290. The molecule has 1 atom stereocenters. The van der Waals surface area contributed by atoms with Gasteiger partial charge in [0.05, 0.1) is 22.4 Å². The van der Waals surface area contributed by atoms with Crippen LogP contribution in [0.3, 0.4) is 0 Å². The van der Waals surface area contributed by atoms with Crippen LogP contribution in [0.25, 0.3) is 0 Å². The zero-order valence-corrected chi connectivity index (χ0v) is 18.0. The molecule has 11 nitrogen and oxygen atoms in total. The van der Waals surface area contributed by atoms with Crippen molar-refractivity contribution < 1.29 is 25.3 Å². The monoisotopic (exact) mass is 475 g/mol. The molecule has 164 valence electrons. The maximum absolute atomic E-state index is 12.1. The van der Waals surface area contributed by atoms with E-state index in [1.807, 2.05) is 4.90 Å². The maximum atomic E-state index is 12.1. The molecule has 0 aliphatic carbocycles. The highest BCUT2D eigenvalue weighted by molar-refractivity contribution is 7.90. The molecule has 1 unspecified atom stereocenters. The molecule has 2 aromatic carbocycles. The van der Waals surface area contributed by atoms with Crippen molar-refractivity contribution in [1.82, 2.24) is 4.72 Å². The fourth-order valence-electron chi connectivity index (χ4n) is 3.28. The summed E-state index contributed by atoms with van der Waals surface area (Å²) in [6, 6.07) is 10.0. The zero-order valence-electron chi connectivity index (χ0n) is 15.6. The Morgan fingerprint density at radius 3 is 2.23 bits per heavy atom. The Kier molecular flexibility index (Phi) is 5.83. The van der Waals surface area contributed by atoms with E-state index < -0.39 is 30.1 Å². The van der Waals surface area contributed by atoms with Crippen molar-refractivity contribution in [3.05, 3.63) is 42.5 Å². The smallest absolute Gasteiger partial charge is 0.244 e. The van der Waals surface area contributed by atoms with E-state index in [0.29, 0.717) is 5.69 Å². The number of anilines is 2. The summed E-state index contributed by atoms with van der Waals surface area (Å²) in [4.78, 5) is 1.68.